The Kier molecular flexibility index (Phi) is 4.34. The van der Waals surface area contributed by atoms with Crippen molar-refractivity contribution < 1.29 is 4.79 Å². The summed E-state index contributed by atoms with van der Waals surface area (Å²) in [5.74, 6) is -0.332. The van der Waals surface area contributed by atoms with Crippen LogP contribution in [0.4, 0.5) is 0 Å². The van der Waals surface area contributed by atoms with Crippen LogP contribution in [0.15, 0.2) is 54.9 Å². The van der Waals surface area contributed by atoms with Crippen LogP contribution in [0.5, 0.6) is 0 Å². The zero-order valence-electron chi connectivity index (χ0n) is 12.3. The van der Waals surface area contributed by atoms with Gasteiger partial charge >= 0.3 is 0 Å². The fraction of sp³-hybridized carbons (Fsp3) is 0.125. The molecule has 0 aliphatic carbocycles. The quantitative estimate of drug-likeness (QED) is 0.799. The molecule has 2 aromatic heterocycles. The summed E-state index contributed by atoms with van der Waals surface area (Å²) in [6.07, 6.45) is 3.06. The number of amides is 1. The molecule has 1 unspecified atom stereocenters. The summed E-state index contributed by atoms with van der Waals surface area (Å²) >= 11 is 6.09. The molecule has 116 valence electrons. The Labute approximate surface area is 138 Å². The van der Waals surface area contributed by atoms with Crippen LogP contribution in [0.1, 0.15) is 29.1 Å². The van der Waals surface area contributed by atoms with Crippen molar-refractivity contribution in [3.05, 3.63) is 71.3 Å². The minimum absolute atomic E-state index is 0.229. The second-order valence-corrected chi connectivity index (χ2v) is 5.33. The molecule has 0 saturated heterocycles. The Morgan fingerprint density at radius 2 is 2.00 bits per heavy atom. The molecule has 3 aromatic rings. The second kappa shape index (κ2) is 6.58. The summed E-state index contributed by atoms with van der Waals surface area (Å²) in [6.45, 7) is 1.81. The lowest BCUT2D eigenvalue weighted by Crippen LogP contribution is -2.27. The van der Waals surface area contributed by atoms with Crippen LogP contribution in [-0.4, -0.2) is 25.9 Å². The number of hydrogen-bond acceptors (Lipinski definition) is 4. The van der Waals surface area contributed by atoms with Crippen molar-refractivity contribution in [2.75, 3.05) is 0 Å². The highest BCUT2D eigenvalue weighted by Crippen LogP contribution is 2.19. The first-order chi connectivity index (χ1) is 11.1. The molecule has 7 heteroatoms. The number of carbonyl (C=O) groups excluding carboxylic acids is 1. The maximum absolute atomic E-state index is 12.3. The molecule has 0 spiro atoms. The number of rotatable bonds is 4. The molecule has 1 atom stereocenters. The van der Waals surface area contributed by atoms with Crippen molar-refractivity contribution in [2.45, 2.75) is 13.0 Å². The van der Waals surface area contributed by atoms with Gasteiger partial charge in [-0.25, -0.2) is 0 Å². The number of benzene rings is 1. The van der Waals surface area contributed by atoms with Crippen LogP contribution in [0.2, 0.25) is 5.02 Å². The Bertz CT molecular complexity index is 818. The van der Waals surface area contributed by atoms with Crippen molar-refractivity contribution in [3.8, 4) is 5.69 Å². The lowest BCUT2D eigenvalue weighted by molar-refractivity contribution is 0.0933. The highest BCUT2D eigenvalue weighted by Gasteiger charge is 2.17. The molecule has 6 nitrogen and oxygen atoms in total. The lowest BCUT2D eigenvalue weighted by Gasteiger charge is -2.13. The van der Waals surface area contributed by atoms with E-state index in [0.717, 1.165) is 5.69 Å². The van der Waals surface area contributed by atoms with Crippen LogP contribution in [0.25, 0.3) is 5.69 Å². The van der Waals surface area contributed by atoms with Crippen molar-refractivity contribution in [2.24, 2.45) is 0 Å². The van der Waals surface area contributed by atoms with Crippen molar-refractivity contribution >= 4 is 17.5 Å². The molecule has 1 aromatic carbocycles. The number of aromatic nitrogens is 4. The van der Waals surface area contributed by atoms with E-state index in [1.165, 1.54) is 11.0 Å². The first-order valence-electron chi connectivity index (χ1n) is 7.04. The summed E-state index contributed by atoms with van der Waals surface area (Å²) in [4.78, 5) is 17.9. The average molecular weight is 328 g/mol. The summed E-state index contributed by atoms with van der Waals surface area (Å²) in [5.41, 5.74) is 1.62. The molecule has 2 heterocycles. The monoisotopic (exact) mass is 327 g/mol. The van der Waals surface area contributed by atoms with E-state index in [9.17, 15) is 4.79 Å². The van der Waals surface area contributed by atoms with Crippen molar-refractivity contribution in [1.82, 2.24) is 25.3 Å². The summed E-state index contributed by atoms with van der Waals surface area (Å²) in [7, 11) is 0. The van der Waals surface area contributed by atoms with Gasteiger partial charge < -0.3 is 5.32 Å². The minimum atomic E-state index is -0.335. The Morgan fingerprint density at radius 3 is 2.74 bits per heavy atom. The fourth-order valence-electron chi connectivity index (χ4n) is 2.11. The normalized spacial score (nSPS) is 11.9. The Morgan fingerprint density at radius 1 is 1.22 bits per heavy atom. The molecule has 3 rings (SSSR count). The number of pyridine rings is 1. The van der Waals surface area contributed by atoms with Gasteiger partial charge in [-0.2, -0.15) is 9.90 Å². The second-order valence-electron chi connectivity index (χ2n) is 4.92. The van der Waals surface area contributed by atoms with Gasteiger partial charge in [-0.15, -0.1) is 5.10 Å². The molecule has 0 saturated carbocycles. The molecule has 0 bridgehead atoms. The van der Waals surface area contributed by atoms with Crippen LogP contribution < -0.4 is 5.32 Å². The van der Waals surface area contributed by atoms with Gasteiger partial charge in [0.15, 0.2) is 5.69 Å². The fourth-order valence-corrected chi connectivity index (χ4v) is 2.39. The van der Waals surface area contributed by atoms with E-state index in [4.69, 9.17) is 11.6 Å². The summed E-state index contributed by atoms with van der Waals surface area (Å²) in [5, 5.41) is 11.6. The molecular weight excluding hydrogens is 314 g/mol. The van der Waals surface area contributed by atoms with Crippen LogP contribution in [-0.2, 0) is 0 Å². The molecule has 0 fully saturated rings. The molecule has 1 amide bonds. The number of hydrogen-bond donors (Lipinski definition) is 1. The van der Waals surface area contributed by atoms with Gasteiger partial charge in [-0.1, -0.05) is 29.8 Å². The first-order valence-corrected chi connectivity index (χ1v) is 7.42. The SMILES string of the molecule is CC(NC(=O)c1cnn(-c2ccccc2)n1)c1ncccc1Cl. The zero-order chi connectivity index (χ0) is 16.2. The molecule has 1 N–H and O–H groups in total. The van der Waals surface area contributed by atoms with Crippen molar-refractivity contribution in [1.29, 1.82) is 0 Å². The largest absolute Gasteiger partial charge is 0.342 e. The topological polar surface area (TPSA) is 72.7 Å². The Balaban J connectivity index is 1.74. The van der Waals surface area contributed by atoms with Gasteiger partial charge in [0.2, 0.25) is 0 Å². The zero-order valence-corrected chi connectivity index (χ0v) is 13.1. The number of nitrogens with one attached hydrogen (secondary N) is 1. The predicted octanol–water partition coefficient (Wildman–Crippen LogP) is 2.81. The van der Waals surface area contributed by atoms with Crippen LogP contribution in [0.3, 0.4) is 0 Å². The predicted molar refractivity (Wildman–Crippen MR) is 86.5 cm³/mol. The summed E-state index contributed by atoms with van der Waals surface area (Å²) in [6, 6.07) is 12.5. The first kappa shape index (κ1) is 15.2. The van der Waals surface area contributed by atoms with E-state index in [-0.39, 0.29) is 17.6 Å². The van der Waals surface area contributed by atoms with Crippen LogP contribution in [0, 0.1) is 0 Å². The number of nitrogens with zero attached hydrogens (tertiary/aromatic N) is 4. The smallest absolute Gasteiger partial charge is 0.274 e. The maximum atomic E-state index is 12.3. The average Bonchev–Trinajstić information content (AvgIpc) is 3.06. The molecule has 0 aliphatic rings. The van der Waals surface area contributed by atoms with Gasteiger partial charge in [0.1, 0.15) is 0 Å². The number of para-hydroxylation sites is 1. The van der Waals surface area contributed by atoms with Gasteiger partial charge in [-0.05, 0) is 31.2 Å². The molecule has 23 heavy (non-hydrogen) atoms. The summed E-state index contributed by atoms with van der Waals surface area (Å²) < 4.78 is 0. The van der Waals surface area contributed by atoms with E-state index >= 15 is 0 Å². The van der Waals surface area contributed by atoms with Crippen LogP contribution >= 0.6 is 11.6 Å². The third-order valence-corrected chi connectivity index (χ3v) is 3.58. The van der Waals surface area contributed by atoms with E-state index in [1.54, 1.807) is 18.3 Å². The lowest BCUT2D eigenvalue weighted by atomic mass is 10.2. The minimum Gasteiger partial charge on any atom is -0.342 e. The maximum Gasteiger partial charge on any atom is 0.274 e. The van der Waals surface area contributed by atoms with E-state index in [1.807, 2.05) is 37.3 Å². The standard InChI is InChI=1S/C16H14ClN5O/c1-11(15-13(17)8-5-9-18-15)20-16(23)14-10-19-22(21-14)12-6-3-2-4-7-12/h2-11H,1H3,(H,20,23). The van der Waals surface area contributed by atoms with E-state index in [2.05, 4.69) is 20.5 Å². The van der Waals surface area contributed by atoms with E-state index < -0.39 is 0 Å². The van der Waals surface area contributed by atoms with Gasteiger partial charge in [0, 0.05) is 6.20 Å². The van der Waals surface area contributed by atoms with Gasteiger partial charge in [0.25, 0.3) is 5.91 Å². The van der Waals surface area contributed by atoms with E-state index in [0.29, 0.717) is 10.7 Å². The molecular formula is C16H14ClN5O. The number of carbonyl (C=O) groups is 1. The molecule has 0 radical (unpaired) electrons. The van der Waals surface area contributed by atoms with Gasteiger partial charge in [-0.3, -0.25) is 9.78 Å². The Hall–Kier alpha value is -2.73. The highest BCUT2D eigenvalue weighted by atomic mass is 35.5. The molecule has 0 aliphatic heterocycles. The van der Waals surface area contributed by atoms with Crippen molar-refractivity contribution in [3.63, 3.8) is 0 Å². The third-order valence-electron chi connectivity index (χ3n) is 3.26. The number of halogens is 1. The van der Waals surface area contributed by atoms with Gasteiger partial charge in [0.05, 0.1) is 28.6 Å². The highest BCUT2D eigenvalue weighted by molar-refractivity contribution is 6.31. The third kappa shape index (κ3) is 3.37.